The highest BCUT2D eigenvalue weighted by atomic mass is 32.1. The quantitative estimate of drug-likeness (QED) is 0.145. The molecule has 9 heteroatoms. The molecule has 8 nitrogen and oxygen atoms in total. The van der Waals surface area contributed by atoms with E-state index in [4.69, 9.17) is 17.0 Å². The Kier molecular flexibility index (Phi) is 9.13. The second-order valence-corrected chi connectivity index (χ2v) is 7.72. The van der Waals surface area contributed by atoms with E-state index >= 15 is 0 Å². The van der Waals surface area contributed by atoms with Crippen LogP contribution < -0.4 is 20.7 Å². The molecule has 4 N–H and O–H groups in total. The molecule has 0 saturated heterocycles. The number of nitrogens with zero attached hydrogens (tertiary/aromatic N) is 1. The van der Waals surface area contributed by atoms with Gasteiger partial charge in [0.2, 0.25) is 0 Å². The van der Waals surface area contributed by atoms with Crippen LogP contribution in [0.5, 0.6) is 5.75 Å². The summed E-state index contributed by atoms with van der Waals surface area (Å²) >= 11 is 5.29. The van der Waals surface area contributed by atoms with Crippen molar-refractivity contribution in [3.8, 4) is 5.75 Å². The fourth-order valence-corrected chi connectivity index (χ4v) is 3.25. The third-order valence-corrected chi connectivity index (χ3v) is 4.89. The Hall–Kier alpha value is -3.53. The van der Waals surface area contributed by atoms with E-state index in [1.807, 2.05) is 54.6 Å². The number of rotatable bonds is 11. The lowest BCUT2D eigenvalue weighted by atomic mass is 10.1. The molecule has 0 aromatic heterocycles. The Bertz CT molecular complexity index is 1050. The highest BCUT2D eigenvalue weighted by Crippen LogP contribution is 2.18. The van der Waals surface area contributed by atoms with Crippen molar-refractivity contribution in [3.63, 3.8) is 0 Å². The first kappa shape index (κ1) is 24.1. The zero-order chi connectivity index (χ0) is 23.5. The van der Waals surface area contributed by atoms with Gasteiger partial charge in [-0.3, -0.25) is 10.1 Å². The maximum atomic E-state index is 10.9. The van der Waals surface area contributed by atoms with Crippen molar-refractivity contribution in [1.29, 1.82) is 0 Å². The van der Waals surface area contributed by atoms with Gasteiger partial charge in [0.15, 0.2) is 5.11 Å². The minimum absolute atomic E-state index is 0.00278. The minimum atomic E-state index is -0.587. The van der Waals surface area contributed by atoms with Crippen molar-refractivity contribution in [1.82, 2.24) is 5.32 Å². The van der Waals surface area contributed by atoms with E-state index < -0.39 is 11.0 Å². The highest BCUT2D eigenvalue weighted by Gasteiger charge is 2.07. The number of hydrogen-bond acceptors (Lipinski definition) is 6. The second-order valence-electron chi connectivity index (χ2n) is 7.32. The molecule has 0 saturated carbocycles. The standard InChI is InChI=1S/C24H26N4O4S/c29-22(17-32-23-7-2-1-3-8-23)16-25-14-13-18-9-11-19(12-10-18)26-24(33)27-20-5-4-6-21(15-20)28(30)31/h1-12,15,22,25,29H,13-14,16-17H2,(H2,26,27,33)/t22-/m0/s1. The molecule has 0 bridgehead atoms. The van der Waals surface area contributed by atoms with Crippen LogP contribution >= 0.6 is 12.2 Å². The molecule has 0 heterocycles. The first-order valence-corrected chi connectivity index (χ1v) is 10.9. The molecule has 0 aliphatic carbocycles. The van der Waals surface area contributed by atoms with Crippen LogP contribution in [0.4, 0.5) is 17.1 Å². The minimum Gasteiger partial charge on any atom is -0.491 e. The van der Waals surface area contributed by atoms with Crippen molar-refractivity contribution in [2.75, 3.05) is 30.3 Å². The molecule has 0 aliphatic heterocycles. The third-order valence-electron chi connectivity index (χ3n) is 4.68. The summed E-state index contributed by atoms with van der Waals surface area (Å²) in [5.74, 6) is 0.741. The highest BCUT2D eigenvalue weighted by molar-refractivity contribution is 7.80. The number of para-hydroxylation sites is 1. The van der Waals surface area contributed by atoms with Gasteiger partial charge in [-0.25, -0.2) is 0 Å². The van der Waals surface area contributed by atoms with Gasteiger partial charge in [0.25, 0.3) is 5.69 Å². The van der Waals surface area contributed by atoms with Crippen molar-refractivity contribution in [3.05, 3.63) is 94.5 Å². The van der Waals surface area contributed by atoms with E-state index in [-0.39, 0.29) is 12.3 Å². The number of nitro benzene ring substituents is 1. The average Bonchev–Trinajstić information content (AvgIpc) is 2.82. The lowest BCUT2D eigenvalue weighted by molar-refractivity contribution is -0.384. The summed E-state index contributed by atoms with van der Waals surface area (Å²) in [4.78, 5) is 10.4. The average molecular weight is 467 g/mol. The van der Waals surface area contributed by atoms with Gasteiger partial charge in [0.05, 0.1) is 4.92 Å². The molecule has 33 heavy (non-hydrogen) atoms. The van der Waals surface area contributed by atoms with Crippen LogP contribution in [0.25, 0.3) is 0 Å². The number of nitrogens with one attached hydrogen (secondary N) is 3. The van der Waals surface area contributed by atoms with Crippen LogP contribution in [0, 0.1) is 10.1 Å². The maximum absolute atomic E-state index is 10.9. The second kappa shape index (κ2) is 12.5. The SMILES string of the molecule is O=[N+]([O-])c1cccc(NC(=S)Nc2ccc(CCNC[C@H](O)COc3ccccc3)cc2)c1. The lowest BCUT2D eigenvalue weighted by Crippen LogP contribution is -2.32. The van der Waals surface area contributed by atoms with Crippen LogP contribution in [0.1, 0.15) is 5.56 Å². The number of non-ortho nitro benzene ring substituents is 1. The molecule has 0 unspecified atom stereocenters. The zero-order valence-electron chi connectivity index (χ0n) is 17.9. The largest absolute Gasteiger partial charge is 0.491 e. The summed E-state index contributed by atoms with van der Waals surface area (Å²) in [6.07, 6.45) is 0.222. The summed E-state index contributed by atoms with van der Waals surface area (Å²) in [5.41, 5.74) is 2.49. The molecule has 0 amide bonds. The van der Waals surface area contributed by atoms with Crippen LogP contribution in [-0.4, -0.2) is 40.9 Å². The number of nitro groups is 1. The van der Waals surface area contributed by atoms with Gasteiger partial charge < -0.3 is 25.8 Å². The molecule has 0 spiro atoms. The first-order valence-electron chi connectivity index (χ1n) is 10.5. The number of thiocarbonyl (C=S) groups is 1. The molecule has 3 rings (SSSR count). The van der Waals surface area contributed by atoms with Crippen molar-refractivity contribution in [2.45, 2.75) is 12.5 Å². The molecule has 1 atom stereocenters. The van der Waals surface area contributed by atoms with Crippen LogP contribution in [0.2, 0.25) is 0 Å². The topological polar surface area (TPSA) is 109 Å². The van der Waals surface area contributed by atoms with Crippen molar-refractivity contribution < 1.29 is 14.8 Å². The number of ether oxygens (including phenoxy) is 1. The molecular weight excluding hydrogens is 440 g/mol. The number of benzene rings is 3. The molecule has 0 aliphatic rings. The molecule has 0 fully saturated rings. The normalized spacial score (nSPS) is 11.4. The van der Waals surface area contributed by atoms with Gasteiger partial charge in [-0.15, -0.1) is 0 Å². The van der Waals surface area contributed by atoms with Crippen molar-refractivity contribution >= 4 is 34.4 Å². The molecule has 0 radical (unpaired) electrons. The van der Waals surface area contributed by atoms with Gasteiger partial charge in [-0.05, 0) is 61.1 Å². The molecule has 172 valence electrons. The summed E-state index contributed by atoms with van der Waals surface area (Å²) in [5, 5.41) is 30.5. The van der Waals surface area contributed by atoms with Gasteiger partial charge >= 0.3 is 0 Å². The summed E-state index contributed by atoms with van der Waals surface area (Å²) in [7, 11) is 0. The Balaban J connectivity index is 1.35. The Morgan fingerprint density at radius 1 is 1.00 bits per heavy atom. The van der Waals surface area contributed by atoms with Crippen LogP contribution in [0.15, 0.2) is 78.9 Å². The van der Waals surface area contributed by atoms with E-state index in [2.05, 4.69) is 16.0 Å². The number of aliphatic hydroxyl groups excluding tert-OH is 1. The van der Waals surface area contributed by atoms with E-state index in [9.17, 15) is 15.2 Å². The first-order chi connectivity index (χ1) is 16.0. The van der Waals surface area contributed by atoms with Gasteiger partial charge in [-0.2, -0.15) is 0 Å². The van der Waals surface area contributed by atoms with Gasteiger partial charge in [-0.1, -0.05) is 36.4 Å². The molecular formula is C24H26N4O4S. The van der Waals surface area contributed by atoms with Gasteiger partial charge in [0, 0.05) is 30.1 Å². The smallest absolute Gasteiger partial charge is 0.271 e. The zero-order valence-corrected chi connectivity index (χ0v) is 18.8. The van der Waals surface area contributed by atoms with Crippen LogP contribution in [-0.2, 0) is 6.42 Å². The Labute approximate surface area is 197 Å². The molecule has 3 aromatic carbocycles. The Morgan fingerprint density at radius 2 is 1.73 bits per heavy atom. The predicted octanol–water partition coefficient (Wildman–Crippen LogP) is 3.98. The molecule has 3 aromatic rings. The fraction of sp³-hybridized carbons (Fsp3) is 0.208. The summed E-state index contributed by atoms with van der Waals surface area (Å²) < 4.78 is 5.54. The van der Waals surface area contributed by atoms with E-state index in [0.29, 0.717) is 17.3 Å². The fourth-order valence-electron chi connectivity index (χ4n) is 3.01. The lowest BCUT2D eigenvalue weighted by Gasteiger charge is -2.13. The third kappa shape index (κ3) is 8.49. The van der Waals surface area contributed by atoms with E-state index in [1.54, 1.807) is 12.1 Å². The summed E-state index contributed by atoms with van der Waals surface area (Å²) in [6.45, 7) is 1.41. The van der Waals surface area contributed by atoms with E-state index in [0.717, 1.165) is 30.0 Å². The monoisotopic (exact) mass is 466 g/mol. The number of hydrogen-bond donors (Lipinski definition) is 4. The maximum Gasteiger partial charge on any atom is 0.271 e. The predicted molar refractivity (Wildman–Crippen MR) is 134 cm³/mol. The number of anilines is 2. The van der Waals surface area contributed by atoms with Gasteiger partial charge in [0.1, 0.15) is 18.5 Å². The van der Waals surface area contributed by atoms with Crippen LogP contribution in [0.3, 0.4) is 0 Å². The Morgan fingerprint density at radius 3 is 2.45 bits per heavy atom. The number of aliphatic hydroxyl groups is 1. The summed E-state index contributed by atoms with van der Waals surface area (Å²) in [6, 6.07) is 23.4. The van der Waals surface area contributed by atoms with E-state index in [1.165, 1.54) is 12.1 Å². The van der Waals surface area contributed by atoms with Crippen molar-refractivity contribution in [2.24, 2.45) is 0 Å².